The zero-order valence-electron chi connectivity index (χ0n) is 19.3. The number of hydrogen-bond donors (Lipinski definition) is 1. The first-order valence-electron chi connectivity index (χ1n) is 11.0. The highest BCUT2D eigenvalue weighted by Gasteiger charge is 2.09. The number of anilines is 1. The Kier molecular flexibility index (Phi) is 7.30. The summed E-state index contributed by atoms with van der Waals surface area (Å²) >= 11 is 0. The van der Waals surface area contributed by atoms with Gasteiger partial charge in [0.05, 0.1) is 13.3 Å². The van der Waals surface area contributed by atoms with E-state index in [2.05, 4.69) is 46.2 Å². The maximum atomic E-state index is 4.91. The van der Waals surface area contributed by atoms with Crippen molar-refractivity contribution in [3.8, 4) is 16.9 Å². The highest BCUT2D eigenvalue weighted by Crippen LogP contribution is 2.25. The Morgan fingerprint density at radius 3 is 2.41 bits per heavy atom. The van der Waals surface area contributed by atoms with E-state index in [1.165, 1.54) is 0 Å². The molecule has 0 aliphatic rings. The SMILES string of the molecule is C=C(C)c1ccc(-c2cnn3ccc(NCc4cccnc4)nc23)cc1.COc1ccccc1. The minimum Gasteiger partial charge on any atom is -0.497 e. The molecule has 0 atom stereocenters. The fourth-order valence-electron chi connectivity index (χ4n) is 3.36. The van der Waals surface area contributed by atoms with Crippen molar-refractivity contribution in [2.45, 2.75) is 13.5 Å². The summed E-state index contributed by atoms with van der Waals surface area (Å²) in [5, 5.41) is 7.75. The summed E-state index contributed by atoms with van der Waals surface area (Å²) in [7, 11) is 1.66. The van der Waals surface area contributed by atoms with Gasteiger partial charge in [0, 0.05) is 30.7 Å². The molecular formula is C28H27N5O. The summed E-state index contributed by atoms with van der Waals surface area (Å²) in [6, 6.07) is 23.9. The van der Waals surface area contributed by atoms with Gasteiger partial charge >= 0.3 is 0 Å². The van der Waals surface area contributed by atoms with Crippen molar-refractivity contribution >= 4 is 17.0 Å². The number of benzene rings is 2. The molecule has 5 aromatic rings. The van der Waals surface area contributed by atoms with E-state index in [0.717, 1.165) is 45.0 Å². The van der Waals surface area contributed by atoms with Gasteiger partial charge in [-0.15, -0.1) is 0 Å². The summed E-state index contributed by atoms with van der Waals surface area (Å²) < 4.78 is 6.70. The fraction of sp³-hybridized carbons (Fsp3) is 0.107. The predicted octanol–water partition coefficient (Wildman–Crippen LogP) is 6.13. The molecule has 0 fully saturated rings. The first-order valence-corrected chi connectivity index (χ1v) is 11.0. The van der Waals surface area contributed by atoms with E-state index in [0.29, 0.717) is 6.54 Å². The lowest BCUT2D eigenvalue weighted by Crippen LogP contribution is -2.03. The van der Waals surface area contributed by atoms with Crippen LogP contribution in [0.15, 0.2) is 104 Å². The second-order valence-corrected chi connectivity index (χ2v) is 7.73. The highest BCUT2D eigenvalue weighted by molar-refractivity contribution is 5.78. The summed E-state index contributed by atoms with van der Waals surface area (Å²) in [6.07, 6.45) is 7.38. The molecule has 0 unspecified atom stereocenters. The Bertz CT molecular complexity index is 1350. The molecule has 0 bridgehead atoms. The molecule has 0 radical (unpaired) electrons. The van der Waals surface area contributed by atoms with Crippen molar-refractivity contribution in [1.82, 2.24) is 19.6 Å². The van der Waals surface area contributed by atoms with Crippen LogP contribution in [0.25, 0.3) is 22.3 Å². The number of hydrogen-bond acceptors (Lipinski definition) is 5. The zero-order valence-corrected chi connectivity index (χ0v) is 19.3. The molecule has 6 nitrogen and oxygen atoms in total. The molecule has 3 heterocycles. The molecule has 6 heteroatoms. The van der Waals surface area contributed by atoms with Crippen molar-refractivity contribution in [3.05, 3.63) is 115 Å². The van der Waals surface area contributed by atoms with Gasteiger partial charge in [0.1, 0.15) is 11.6 Å². The number of nitrogens with zero attached hydrogens (tertiary/aromatic N) is 4. The number of nitrogens with one attached hydrogen (secondary N) is 1. The molecule has 34 heavy (non-hydrogen) atoms. The van der Waals surface area contributed by atoms with Crippen molar-refractivity contribution in [2.75, 3.05) is 12.4 Å². The smallest absolute Gasteiger partial charge is 0.165 e. The van der Waals surface area contributed by atoms with Crippen molar-refractivity contribution in [2.24, 2.45) is 0 Å². The van der Waals surface area contributed by atoms with Crippen LogP contribution in [0.3, 0.4) is 0 Å². The van der Waals surface area contributed by atoms with Crippen LogP contribution in [0, 0.1) is 0 Å². The molecular weight excluding hydrogens is 422 g/mol. The monoisotopic (exact) mass is 449 g/mol. The first-order chi connectivity index (χ1) is 16.6. The molecule has 2 aromatic carbocycles. The van der Waals surface area contributed by atoms with Crippen molar-refractivity contribution < 1.29 is 4.74 Å². The Morgan fingerprint density at radius 2 is 1.76 bits per heavy atom. The third kappa shape index (κ3) is 5.66. The van der Waals surface area contributed by atoms with Gasteiger partial charge in [-0.05, 0) is 47.9 Å². The summed E-state index contributed by atoms with van der Waals surface area (Å²) in [5.74, 6) is 1.72. The molecule has 0 aliphatic carbocycles. The number of ether oxygens (including phenoxy) is 1. The normalized spacial score (nSPS) is 10.3. The van der Waals surface area contributed by atoms with Crippen molar-refractivity contribution in [1.29, 1.82) is 0 Å². The lowest BCUT2D eigenvalue weighted by atomic mass is 10.0. The number of fused-ring (bicyclic) bond motifs is 1. The maximum absolute atomic E-state index is 4.91. The van der Waals surface area contributed by atoms with Gasteiger partial charge in [-0.3, -0.25) is 4.98 Å². The Morgan fingerprint density at radius 1 is 0.971 bits per heavy atom. The summed E-state index contributed by atoms with van der Waals surface area (Å²) in [4.78, 5) is 8.87. The Balaban J connectivity index is 0.000000291. The summed E-state index contributed by atoms with van der Waals surface area (Å²) in [5.41, 5.74) is 6.21. The predicted molar refractivity (Wildman–Crippen MR) is 138 cm³/mol. The fourth-order valence-corrected chi connectivity index (χ4v) is 3.36. The third-order valence-electron chi connectivity index (χ3n) is 5.23. The lowest BCUT2D eigenvalue weighted by molar-refractivity contribution is 0.415. The quantitative estimate of drug-likeness (QED) is 0.338. The van der Waals surface area contributed by atoms with Gasteiger partial charge in [0.2, 0.25) is 0 Å². The molecule has 5 rings (SSSR count). The van der Waals surface area contributed by atoms with E-state index in [9.17, 15) is 0 Å². The van der Waals surface area contributed by atoms with Gasteiger partial charge < -0.3 is 10.1 Å². The van der Waals surface area contributed by atoms with Gasteiger partial charge in [-0.1, -0.05) is 60.7 Å². The molecule has 0 aliphatic heterocycles. The van der Waals surface area contributed by atoms with E-state index in [1.54, 1.807) is 17.8 Å². The van der Waals surface area contributed by atoms with Crippen LogP contribution in [0.4, 0.5) is 5.82 Å². The zero-order chi connectivity index (χ0) is 23.8. The van der Waals surface area contributed by atoms with Crippen molar-refractivity contribution in [3.63, 3.8) is 0 Å². The second-order valence-electron chi connectivity index (χ2n) is 7.73. The minimum absolute atomic E-state index is 0.674. The molecule has 170 valence electrons. The third-order valence-corrected chi connectivity index (χ3v) is 5.23. The van der Waals surface area contributed by atoms with E-state index in [4.69, 9.17) is 9.72 Å². The average Bonchev–Trinajstić information content (AvgIpc) is 3.32. The number of para-hydroxylation sites is 1. The highest BCUT2D eigenvalue weighted by atomic mass is 16.5. The molecule has 0 spiro atoms. The number of pyridine rings is 1. The topological polar surface area (TPSA) is 64.3 Å². The number of methoxy groups -OCH3 is 1. The van der Waals surface area contributed by atoms with Crippen LogP contribution in [-0.2, 0) is 6.54 Å². The number of allylic oxidation sites excluding steroid dienone is 1. The molecule has 0 amide bonds. The van der Waals surface area contributed by atoms with Gasteiger partial charge in [0.25, 0.3) is 0 Å². The lowest BCUT2D eigenvalue weighted by Gasteiger charge is -2.07. The number of rotatable bonds is 6. The molecule has 0 saturated carbocycles. The number of aromatic nitrogens is 4. The molecule has 1 N–H and O–H groups in total. The first kappa shape index (κ1) is 22.7. The molecule has 0 saturated heterocycles. The van der Waals surface area contributed by atoms with Crippen LogP contribution in [0.5, 0.6) is 5.75 Å². The second kappa shape index (κ2) is 10.9. The van der Waals surface area contributed by atoms with Crippen LogP contribution < -0.4 is 10.1 Å². The summed E-state index contributed by atoms with van der Waals surface area (Å²) in [6.45, 7) is 6.66. The minimum atomic E-state index is 0.674. The van der Waals surface area contributed by atoms with E-state index in [-0.39, 0.29) is 0 Å². The van der Waals surface area contributed by atoms with Gasteiger partial charge in [-0.25, -0.2) is 9.50 Å². The van der Waals surface area contributed by atoms with Crippen LogP contribution in [0.2, 0.25) is 0 Å². The average molecular weight is 450 g/mol. The Hall–Kier alpha value is -4.45. The van der Waals surface area contributed by atoms with E-state index >= 15 is 0 Å². The van der Waals surface area contributed by atoms with E-state index in [1.807, 2.05) is 74.0 Å². The maximum Gasteiger partial charge on any atom is 0.165 e. The largest absolute Gasteiger partial charge is 0.497 e. The van der Waals surface area contributed by atoms with E-state index < -0.39 is 0 Å². The van der Waals surface area contributed by atoms with Crippen LogP contribution >= 0.6 is 0 Å². The van der Waals surface area contributed by atoms with Gasteiger partial charge in [-0.2, -0.15) is 5.10 Å². The van der Waals surface area contributed by atoms with Crippen LogP contribution in [0.1, 0.15) is 18.1 Å². The molecule has 3 aromatic heterocycles. The Labute approximate surface area is 199 Å². The van der Waals surface area contributed by atoms with Gasteiger partial charge in [0.15, 0.2) is 5.65 Å². The standard InChI is InChI=1S/C21H19N5.C7H8O/c1-15(2)17-5-7-18(8-6-17)19-14-24-26-11-9-20(25-21(19)26)23-13-16-4-3-10-22-12-16;1-8-7-5-3-2-4-6-7/h3-12,14H,1,13H2,2H3,(H,23,25);2-6H,1H3. The van der Waals surface area contributed by atoms with Crippen LogP contribution in [-0.4, -0.2) is 26.7 Å².